The van der Waals surface area contributed by atoms with Crippen molar-refractivity contribution < 1.29 is 14.3 Å². The number of nitrogens with one attached hydrogen (secondary N) is 1. The highest BCUT2D eigenvalue weighted by Gasteiger charge is 2.14. The van der Waals surface area contributed by atoms with E-state index in [1.807, 2.05) is 66.9 Å². The van der Waals surface area contributed by atoms with E-state index in [2.05, 4.69) is 10.3 Å². The lowest BCUT2D eigenvalue weighted by molar-refractivity contribution is 0.138. The Kier molecular flexibility index (Phi) is 5.36. The fourth-order valence-electron chi connectivity index (χ4n) is 2.49. The molecule has 0 spiro atoms. The molecule has 1 atom stereocenters. The minimum Gasteiger partial charge on any atom is -0.445 e. The topological polar surface area (TPSA) is 68.3 Å². The van der Waals surface area contributed by atoms with Crippen LogP contribution in [0.3, 0.4) is 0 Å². The second-order valence-corrected chi connectivity index (χ2v) is 5.62. The number of carbonyl (C=O) groups excluding carboxylic acids is 2. The molecule has 0 bridgehead atoms. The molecular formula is C20H17N2O3. The number of amides is 1. The number of hydrogen-bond donors (Lipinski definition) is 1. The molecule has 25 heavy (non-hydrogen) atoms. The van der Waals surface area contributed by atoms with Crippen molar-refractivity contribution in [2.45, 2.75) is 19.1 Å². The quantitative estimate of drug-likeness (QED) is 0.752. The van der Waals surface area contributed by atoms with Crippen LogP contribution in [0.15, 0.2) is 66.9 Å². The first kappa shape index (κ1) is 16.6. The Hall–Kier alpha value is -3.21. The van der Waals surface area contributed by atoms with Gasteiger partial charge in [0.15, 0.2) is 0 Å². The summed E-state index contributed by atoms with van der Waals surface area (Å²) in [5.41, 5.74) is 2.60. The standard InChI is InChI=1S/C20H17N2O3/c23-13-18(22-20(24)25-14-15-6-2-1-3-7-15)11-16-10-17-8-4-5-9-19(17)21-12-16/h1-10,12,18H,11,14H2,(H,22,24). The Labute approximate surface area is 145 Å². The number of hydrogen-bond acceptors (Lipinski definition) is 4. The van der Waals surface area contributed by atoms with E-state index in [-0.39, 0.29) is 6.61 Å². The maximum Gasteiger partial charge on any atom is 0.408 e. The molecule has 1 unspecified atom stereocenters. The van der Waals surface area contributed by atoms with E-state index >= 15 is 0 Å². The first-order chi connectivity index (χ1) is 12.2. The summed E-state index contributed by atoms with van der Waals surface area (Å²) in [5, 5.41) is 3.50. The first-order valence-electron chi connectivity index (χ1n) is 7.93. The molecular weight excluding hydrogens is 316 g/mol. The maximum atomic E-state index is 11.9. The Morgan fingerprint density at radius 1 is 1.08 bits per heavy atom. The van der Waals surface area contributed by atoms with Crippen LogP contribution in [0.5, 0.6) is 0 Å². The molecule has 0 saturated carbocycles. The minimum absolute atomic E-state index is 0.149. The van der Waals surface area contributed by atoms with E-state index in [0.717, 1.165) is 22.0 Å². The number of benzene rings is 2. The number of aromatic nitrogens is 1. The lowest BCUT2D eigenvalue weighted by Gasteiger charge is -2.13. The van der Waals surface area contributed by atoms with Gasteiger partial charge in [-0.2, -0.15) is 0 Å². The molecule has 0 fully saturated rings. The predicted octanol–water partition coefficient (Wildman–Crippen LogP) is 3.18. The van der Waals surface area contributed by atoms with E-state index < -0.39 is 12.1 Å². The van der Waals surface area contributed by atoms with Gasteiger partial charge in [-0.15, -0.1) is 0 Å². The van der Waals surface area contributed by atoms with Crippen molar-refractivity contribution in [3.8, 4) is 0 Å². The fraction of sp³-hybridized carbons (Fsp3) is 0.150. The van der Waals surface area contributed by atoms with Gasteiger partial charge in [-0.05, 0) is 23.3 Å². The molecule has 5 nitrogen and oxygen atoms in total. The Morgan fingerprint density at radius 3 is 2.64 bits per heavy atom. The zero-order chi connectivity index (χ0) is 17.5. The van der Waals surface area contributed by atoms with Crippen LogP contribution in [-0.4, -0.2) is 23.4 Å². The number of alkyl carbamates (subject to hydrolysis) is 1. The molecule has 1 radical (unpaired) electrons. The monoisotopic (exact) mass is 333 g/mol. The van der Waals surface area contributed by atoms with Crippen LogP contribution < -0.4 is 5.32 Å². The molecule has 2 aromatic carbocycles. The molecule has 0 aliphatic carbocycles. The van der Waals surface area contributed by atoms with Crippen LogP contribution in [0.4, 0.5) is 4.79 Å². The second kappa shape index (κ2) is 8.06. The average molecular weight is 333 g/mol. The van der Waals surface area contributed by atoms with Gasteiger partial charge in [0, 0.05) is 18.0 Å². The summed E-state index contributed by atoms with van der Waals surface area (Å²) in [6.45, 7) is 0.149. The molecule has 5 heteroatoms. The van der Waals surface area contributed by atoms with Crippen molar-refractivity contribution in [3.63, 3.8) is 0 Å². The average Bonchev–Trinajstić information content (AvgIpc) is 2.66. The number of nitrogens with zero attached hydrogens (tertiary/aromatic N) is 1. The molecule has 1 aromatic heterocycles. The summed E-state index contributed by atoms with van der Waals surface area (Å²) in [7, 11) is 0. The molecule has 0 aliphatic rings. The van der Waals surface area contributed by atoms with Gasteiger partial charge in [0.2, 0.25) is 6.29 Å². The molecule has 1 N–H and O–H groups in total. The summed E-state index contributed by atoms with van der Waals surface area (Å²) in [4.78, 5) is 27.4. The van der Waals surface area contributed by atoms with Crippen LogP contribution in [0, 0.1) is 0 Å². The summed E-state index contributed by atoms with van der Waals surface area (Å²) >= 11 is 0. The summed E-state index contributed by atoms with van der Waals surface area (Å²) in [6, 6.07) is 18.2. The number of rotatable bonds is 6. The lowest BCUT2D eigenvalue weighted by atomic mass is 10.1. The van der Waals surface area contributed by atoms with Gasteiger partial charge in [-0.25, -0.2) is 4.79 Å². The smallest absolute Gasteiger partial charge is 0.408 e. The molecule has 1 amide bonds. The van der Waals surface area contributed by atoms with Crippen molar-refractivity contribution in [1.29, 1.82) is 0 Å². The Bertz CT molecular complexity index is 865. The van der Waals surface area contributed by atoms with Crippen LogP contribution in [0.2, 0.25) is 0 Å². The van der Waals surface area contributed by atoms with Gasteiger partial charge in [0.05, 0.1) is 5.52 Å². The molecule has 3 rings (SSSR count). The highest BCUT2D eigenvalue weighted by Crippen LogP contribution is 2.13. The van der Waals surface area contributed by atoms with E-state index in [4.69, 9.17) is 4.74 Å². The van der Waals surface area contributed by atoms with Gasteiger partial charge in [0.25, 0.3) is 0 Å². The van der Waals surface area contributed by atoms with E-state index in [0.29, 0.717) is 6.42 Å². The number of para-hydroxylation sites is 1. The first-order valence-corrected chi connectivity index (χ1v) is 7.93. The second-order valence-electron chi connectivity index (χ2n) is 5.62. The highest BCUT2D eigenvalue weighted by atomic mass is 16.5. The highest BCUT2D eigenvalue weighted by molar-refractivity contribution is 5.79. The van der Waals surface area contributed by atoms with Crippen molar-refractivity contribution in [2.75, 3.05) is 0 Å². The number of ether oxygens (including phenoxy) is 1. The van der Waals surface area contributed by atoms with Gasteiger partial charge < -0.3 is 10.1 Å². The van der Waals surface area contributed by atoms with E-state index in [1.165, 1.54) is 0 Å². The number of pyridine rings is 1. The summed E-state index contributed by atoms with van der Waals surface area (Å²) in [6.07, 6.45) is 3.20. The number of fused-ring (bicyclic) bond motifs is 1. The largest absolute Gasteiger partial charge is 0.445 e. The normalized spacial score (nSPS) is 11.7. The predicted molar refractivity (Wildman–Crippen MR) is 94.7 cm³/mol. The van der Waals surface area contributed by atoms with Crippen LogP contribution in [0.1, 0.15) is 11.1 Å². The van der Waals surface area contributed by atoms with Gasteiger partial charge in [-0.1, -0.05) is 48.5 Å². The Balaban J connectivity index is 1.57. The maximum absolute atomic E-state index is 11.9. The fourth-order valence-corrected chi connectivity index (χ4v) is 2.49. The third-order valence-electron chi connectivity index (χ3n) is 3.73. The van der Waals surface area contributed by atoms with Crippen molar-refractivity contribution in [1.82, 2.24) is 10.3 Å². The van der Waals surface area contributed by atoms with Crippen molar-refractivity contribution in [3.05, 3.63) is 78.0 Å². The molecule has 125 valence electrons. The lowest BCUT2D eigenvalue weighted by Crippen LogP contribution is -2.37. The van der Waals surface area contributed by atoms with Crippen LogP contribution in [-0.2, 0) is 22.6 Å². The SMILES string of the molecule is O=[C]C(Cc1cnc2ccccc2c1)NC(=O)OCc1ccccc1. The third kappa shape index (κ3) is 4.64. The van der Waals surface area contributed by atoms with E-state index in [9.17, 15) is 9.59 Å². The van der Waals surface area contributed by atoms with Gasteiger partial charge in [0.1, 0.15) is 12.6 Å². The Morgan fingerprint density at radius 2 is 1.84 bits per heavy atom. The number of carbonyl (C=O) groups is 1. The van der Waals surface area contributed by atoms with Crippen LogP contribution >= 0.6 is 0 Å². The zero-order valence-electron chi connectivity index (χ0n) is 13.5. The molecule has 0 saturated heterocycles. The third-order valence-corrected chi connectivity index (χ3v) is 3.73. The summed E-state index contributed by atoms with van der Waals surface area (Å²) < 4.78 is 5.12. The van der Waals surface area contributed by atoms with Crippen LogP contribution in [0.25, 0.3) is 10.9 Å². The molecule has 0 aliphatic heterocycles. The van der Waals surface area contributed by atoms with E-state index in [1.54, 1.807) is 6.20 Å². The van der Waals surface area contributed by atoms with Gasteiger partial charge >= 0.3 is 6.09 Å². The summed E-state index contributed by atoms with van der Waals surface area (Å²) in [5.74, 6) is 0. The van der Waals surface area contributed by atoms with Gasteiger partial charge in [-0.3, -0.25) is 9.78 Å². The van der Waals surface area contributed by atoms with Crippen molar-refractivity contribution in [2.24, 2.45) is 0 Å². The molecule has 1 heterocycles. The van der Waals surface area contributed by atoms with Crippen molar-refractivity contribution >= 4 is 23.3 Å². The minimum atomic E-state index is -0.786. The zero-order valence-corrected chi connectivity index (χ0v) is 13.5. The molecule has 3 aromatic rings.